The van der Waals surface area contributed by atoms with Gasteiger partial charge >= 0.3 is 0 Å². The molecule has 1 nitrogen and oxygen atoms in total. The van der Waals surface area contributed by atoms with Crippen LogP contribution in [0.2, 0.25) is 0 Å². The number of rotatable bonds is 6. The Bertz CT molecular complexity index is 267. The van der Waals surface area contributed by atoms with Crippen LogP contribution in [0.1, 0.15) is 71.1 Å². The van der Waals surface area contributed by atoms with Crippen molar-refractivity contribution >= 4 is 0 Å². The van der Waals surface area contributed by atoms with Gasteiger partial charge in [0.1, 0.15) is 0 Å². The average Bonchev–Trinajstić information content (AvgIpc) is 2.49. The van der Waals surface area contributed by atoms with Crippen LogP contribution in [0.25, 0.3) is 0 Å². The van der Waals surface area contributed by atoms with Crippen LogP contribution in [0.5, 0.6) is 0 Å². The Balaban J connectivity index is 1.67. The number of hydrogen-bond acceptors (Lipinski definition) is 1. The molecule has 0 aromatic rings. The fourth-order valence-corrected chi connectivity index (χ4v) is 4.33. The lowest BCUT2D eigenvalue weighted by Crippen LogP contribution is -2.26. The van der Waals surface area contributed by atoms with E-state index in [1.165, 1.54) is 64.2 Å². The van der Waals surface area contributed by atoms with E-state index in [0.717, 1.165) is 30.3 Å². The summed E-state index contributed by atoms with van der Waals surface area (Å²) in [5.74, 6) is 3.81. The van der Waals surface area contributed by atoms with Crippen LogP contribution in [0, 0.1) is 23.7 Å². The van der Waals surface area contributed by atoms with Crippen molar-refractivity contribution in [3.63, 3.8) is 0 Å². The van der Waals surface area contributed by atoms with Crippen molar-refractivity contribution in [2.24, 2.45) is 23.7 Å². The lowest BCUT2D eigenvalue weighted by Gasteiger charge is -2.37. The molecule has 0 N–H and O–H groups in total. The minimum atomic E-state index is 0.851. The normalized spacial score (nSPS) is 35.5. The summed E-state index contributed by atoms with van der Waals surface area (Å²) in [5, 5.41) is 0. The molecule has 116 valence electrons. The van der Waals surface area contributed by atoms with Gasteiger partial charge in [0.05, 0.1) is 0 Å². The predicted octanol–water partition coefficient (Wildman–Crippen LogP) is 5.60. The molecule has 2 aliphatic rings. The van der Waals surface area contributed by atoms with E-state index in [1.54, 1.807) is 0 Å². The molecule has 0 unspecified atom stereocenters. The molecule has 20 heavy (non-hydrogen) atoms. The van der Waals surface area contributed by atoms with Gasteiger partial charge in [-0.1, -0.05) is 25.5 Å². The highest BCUT2D eigenvalue weighted by molar-refractivity contribution is 4.92. The summed E-state index contributed by atoms with van der Waals surface area (Å²) in [6.07, 6.45) is 19.1. The van der Waals surface area contributed by atoms with Gasteiger partial charge in [0, 0.05) is 13.7 Å². The molecule has 2 saturated carbocycles. The highest BCUT2D eigenvalue weighted by atomic mass is 16.5. The van der Waals surface area contributed by atoms with E-state index in [1.807, 2.05) is 7.11 Å². The van der Waals surface area contributed by atoms with Crippen LogP contribution in [0.15, 0.2) is 12.2 Å². The van der Waals surface area contributed by atoms with E-state index in [-0.39, 0.29) is 0 Å². The number of allylic oxidation sites excluding steroid dienone is 2. The molecule has 0 heterocycles. The second-order valence-corrected chi connectivity index (χ2v) is 7.13. The van der Waals surface area contributed by atoms with E-state index in [0.29, 0.717) is 0 Å². The van der Waals surface area contributed by atoms with Crippen LogP contribution in [0.3, 0.4) is 0 Å². The maximum absolute atomic E-state index is 5.32. The van der Waals surface area contributed by atoms with E-state index in [9.17, 15) is 0 Å². The summed E-state index contributed by atoms with van der Waals surface area (Å²) in [7, 11) is 1.85. The lowest BCUT2D eigenvalue weighted by atomic mass is 9.69. The summed E-state index contributed by atoms with van der Waals surface area (Å²) in [6, 6.07) is 0. The molecule has 2 rings (SSSR count). The van der Waals surface area contributed by atoms with Crippen LogP contribution in [-0.4, -0.2) is 13.7 Å². The van der Waals surface area contributed by atoms with Crippen molar-refractivity contribution in [2.45, 2.75) is 71.1 Å². The Hall–Kier alpha value is -0.300. The smallest absolute Gasteiger partial charge is 0.0490 e. The largest absolute Gasteiger partial charge is 0.384 e. The molecule has 0 radical (unpaired) electrons. The zero-order chi connectivity index (χ0) is 14.2. The number of unbranched alkanes of at least 4 members (excludes halogenated alkanes) is 1. The number of methoxy groups -OCH3 is 1. The standard InChI is InChI=1S/C19H34O/c1-3-4-5-6-16-7-11-18(12-8-16)19-13-9-17(10-14-19)15-20-2/h5-6,16-19H,3-4,7-15H2,1-2H3/t16-,17-,18-,19-. The van der Waals surface area contributed by atoms with Gasteiger partial charge in [-0.15, -0.1) is 0 Å². The molecule has 0 spiro atoms. The van der Waals surface area contributed by atoms with Gasteiger partial charge in [-0.25, -0.2) is 0 Å². The maximum atomic E-state index is 5.32. The first-order chi connectivity index (χ1) is 9.83. The number of hydrogen-bond donors (Lipinski definition) is 0. The zero-order valence-electron chi connectivity index (χ0n) is 13.7. The molecule has 2 aliphatic carbocycles. The molecule has 0 bridgehead atoms. The van der Waals surface area contributed by atoms with Crippen molar-refractivity contribution in [3.05, 3.63) is 12.2 Å². The monoisotopic (exact) mass is 278 g/mol. The van der Waals surface area contributed by atoms with Crippen LogP contribution in [0.4, 0.5) is 0 Å². The average molecular weight is 278 g/mol. The maximum Gasteiger partial charge on any atom is 0.0490 e. The van der Waals surface area contributed by atoms with E-state index < -0.39 is 0 Å². The summed E-state index contributed by atoms with van der Waals surface area (Å²) < 4.78 is 5.32. The second kappa shape index (κ2) is 8.87. The van der Waals surface area contributed by atoms with Gasteiger partial charge in [-0.05, 0) is 81.5 Å². The van der Waals surface area contributed by atoms with Crippen molar-refractivity contribution in [1.29, 1.82) is 0 Å². The Morgan fingerprint density at radius 2 is 1.50 bits per heavy atom. The minimum absolute atomic E-state index is 0.851. The van der Waals surface area contributed by atoms with Gasteiger partial charge < -0.3 is 4.74 Å². The Morgan fingerprint density at radius 3 is 2.05 bits per heavy atom. The molecule has 1 heteroatoms. The lowest BCUT2D eigenvalue weighted by molar-refractivity contribution is 0.0957. The molecule has 0 amide bonds. The van der Waals surface area contributed by atoms with Gasteiger partial charge in [0.25, 0.3) is 0 Å². The van der Waals surface area contributed by atoms with Crippen molar-refractivity contribution in [3.8, 4) is 0 Å². The van der Waals surface area contributed by atoms with E-state index in [4.69, 9.17) is 4.74 Å². The molecule has 0 saturated heterocycles. The number of ether oxygens (including phenoxy) is 1. The van der Waals surface area contributed by atoms with Crippen LogP contribution in [-0.2, 0) is 4.74 Å². The molecular weight excluding hydrogens is 244 g/mol. The third-order valence-corrected chi connectivity index (χ3v) is 5.64. The van der Waals surface area contributed by atoms with Gasteiger partial charge in [0.15, 0.2) is 0 Å². The quantitative estimate of drug-likeness (QED) is 0.574. The predicted molar refractivity (Wildman–Crippen MR) is 86.8 cm³/mol. The first-order valence-electron chi connectivity index (χ1n) is 8.99. The zero-order valence-corrected chi connectivity index (χ0v) is 13.7. The van der Waals surface area contributed by atoms with Crippen molar-refractivity contribution in [2.75, 3.05) is 13.7 Å². The van der Waals surface area contributed by atoms with Crippen molar-refractivity contribution in [1.82, 2.24) is 0 Å². The molecular formula is C19H34O. The third-order valence-electron chi connectivity index (χ3n) is 5.64. The molecule has 2 fully saturated rings. The minimum Gasteiger partial charge on any atom is -0.384 e. The molecule has 0 aliphatic heterocycles. The second-order valence-electron chi connectivity index (χ2n) is 7.13. The highest BCUT2D eigenvalue weighted by Gasteiger charge is 2.30. The van der Waals surface area contributed by atoms with Gasteiger partial charge in [-0.2, -0.15) is 0 Å². The summed E-state index contributed by atoms with van der Waals surface area (Å²) in [6.45, 7) is 3.25. The summed E-state index contributed by atoms with van der Waals surface area (Å²) in [4.78, 5) is 0. The van der Waals surface area contributed by atoms with Crippen LogP contribution < -0.4 is 0 Å². The Kier molecular flexibility index (Phi) is 7.13. The van der Waals surface area contributed by atoms with Crippen LogP contribution >= 0.6 is 0 Å². The summed E-state index contributed by atoms with van der Waals surface area (Å²) >= 11 is 0. The van der Waals surface area contributed by atoms with Crippen molar-refractivity contribution < 1.29 is 4.74 Å². The Labute approximate surface area is 126 Å². The molecule has 0 aromatic heterocycles. The van der Waals surface area contributed by atoms with Gasteiger partial charge in [-0.3, -0.25) is 0 Å². The molecule has 0 aromatic carbocycles. The Morgan fingerprint density at radius 1 is 0.900 bits per heavy atom. The fraction of sp³-hybridized carbons (Fsp3) is 0.895. The SMILES string of the molecule is CCCC=C[C@H]1CC[C@H]([C@H]2CC[C@H](COC)CC2)CC1. The van der Waals surface area contributed by atoms with E-state index in [2.05, 4.69) is 19.1 Å². The summed E-state index contributed by atoms with van der Waals surface area (Å²) in [5.41, 5.74) is 0. The third kappa shape index (κ3) is 4.91. The first-order valence-corrected chi connectivity index (χ1v) is 8.99. The first kappa shape index (κ1) is 16.1. The molecule has 0 atom stereocenters. The van der Waals surface area contributed by atoms with Gasteiger partial charge in [0.2, 0.25) is 0 Å². The topological polar surface area (TPSA) is 9.23 Å². The highest BCUT2D eigenvalue weighted by Crippen LogP contribution is 2.41. The van der Waals surface area contributed by atoms with E-state index >= 15 is 0 Å². The fourth-order valence-electron chi connectivity index (χ4n) is 4.33.